The van der Waals surface area contributed by atoms with Crippen LogP contribution in [0.3, 0.4) is 0 Å². The number of fused-ring (bicyclic) bond motifs is 10. The molecule has 0 amide bonds. The van der Waals surface area contributed by atoms with Gasteiger partial charge in [0.1, 0.15) is 0 Å². The van der Waals surface area contributed by atoms with Crippen LogP contribution >= 0.6 is 0 Å². The second-order valence-electron chi connectivity index (χ2n) is 34.2. The third-order valence-electron chi connectivity index (χ3n) is 22.3. The van der Waals surface area contributed by atoms with Crippen molar-refractivity contribution in [3.05, 3.63) is 307 Å². The molecule has 13 aromatic carbocycles. The average molecular weight is 1340 g/mol. The molecule has 103 heavy (non-hydrogen) atoms. The van der Waals surface area contributed by atoms with E-state index in [4.69, 9.17) is 0 Å². The number of hydrogen-bond donors (Lipinski definition) is 0. The van der Waals surface area contributed by atoms with Crippen LogP contribution in [0.2, 0.25) is 0 Å². The molecule has 0 aliphatic carbocycles. The Morgan fingerprint density at radius 3 is 1.23 bits per heavy atom. The smallest absolute Gasteiger partial charge is 0.252 e. The molecule has 4 heterocycles. The lowest BCUT2D eigenvalue weighted by atomic mass is 9.33. The van der Waals surface area contributed by atoms with Crippen molar-refractivity contribution in [2.24, 2.45) is 0 Å². The van der Waals surface area contributed by atoms with E-state index in [1.54, 1.807) is 0 Å². The van der Waals surface area contributed by atoms with Gasteiger partial charge in [0.15, 0.2) is 0 Å². The molecule has 0 bridgehead atoms. The SMILES string of the molecule is CC(C)(C)c1ccc(-c2ccc3c(c2N2c4cc(-n5c6ccc(C(C)(C)C)cc6c6cc(C(C)(C)C)ccc65)ccc4B4c5ccc(-c6cccc(C(C)(C)C)c6)cc5N(c5c(-c6ccccc6)cccc5-c5ccccc5)c5cc(C(C)(C)C)cc2c54)c2ccccc2n3-c2ccccc2)cc1. The van der Waals surface area contributed by atoms with Crippen molar-refractivity contribution in [2.45, 2.75) is 131 Å². The molecule has 0 fully saturated rings. The highest BCUT2D eigenvalue weighted by Gasteiger charge is 2.46. The molecule has 0 unspecified atom stereocenters. The van der Waals surface area contributed by atoms with E-state index in [-0.39, 0.29) is 33.8 Å². The predicted molar refractivity (Wildman–Crippen MR) is 444 cm³/mol. The summed E-state index contributed by atoms with van der Waals surface area (Å²) >= 11 is 0. The average Bonchev–Trinajstić information content (AvgIpc) is 1.67. The van der Waals surface area contributed by atoms with E-state index in [1.807, 2.05) is 0 Å². The van der Waals surface area contributed by atoms with Crippen molar-refractivity contribution in [1.29, 1.82) is 0 Å². The van der Waals surface area contributed by atoms with Gasteiger partial charge in [0, 0.05) is 72.4 Å². The van der Waals surface area contributed by atoms with E-state index < -0.39 is 0 Å². The van der Waals surface area contributed by atoms with Crippen molar-refractivity contribution in [3.63, 3.8) is 0 Å². The first-order valence-corrected chi connectivity index (χ1v) is 37.0. The number of benzene rings is 13. The van der Waals surface area contributed by atoms with E-state index in [2.05, 4.69) is 402 Å². The molecule has 2 aliphatic rings. The Bertz CT molecular complexity index is 5750. The van der Waals surface area contributed by atoms with Gasteiger partial charge in [0.2, 0.25) is 0 Å². The fraction of sp³-hybridized carbons (Fsp3) is 0.204. The zero-order chi connectivity index (χ0) is 71.4. The first kappa shape index (κ1) is 65.4. The van der Waals surface area contributed by atoms with Gasteiger partial charge in [0.25, 0.3) is 6.71 Å². The zero-order valence-corrected chi connectivity index (χ0v) is 62.4. The first-order valence-electron chi connectivity index (χ1n) is 37.0. The maximum absolute atomic E-state index is 2.76. The summed E-state index contributed by atoms with van der Waals surface area (Å²) in [5.74, 6) is 0. The van der Waals surface area contributed by atoms with Crippen LogP contribution in [0.4, 0.5) is 34.1 Å². The van der Waals surface area contributed by atoms with Gasteiger partial charge in [-0.05, 0) is 178 Å². The third kappa shape index (κ3) is 10.9. The number of nitrogens with zero attached hydrogens (tertiary/aromatic N) is 4. The van der Waals surface area contributed by atoms with E-state index in [0.29, 0.717) is 0 Å². The number of hydrogen-bond acceptors (Lipinski definition) is 2. The summed E-state index contributed by atoms with van der Waals surface area (Å²) in [6.45, 7) is 34.9. The number of aromatic nitrogens is 2. The Hall–Kier alpha value is -10.9. The second kappa shape index (κ2) is 23.9. The van der Waals surface area contributed by atoms with Crippen molar-refractivity contribution < 1.29 is 0 Å². The Kier molecular flexibility index (Phi) is 15.2. The predicted octanol–water partition coefficient (Wildman–Crippen LogP) is 25.1. The van der Waals surface area contributed by atoms with E-state index in [0.717, 1.165) is 84.2 Å². The summed E-state index contributed by atoms with van der Waals surface area (Å²) in [5.41, 5.74) is 32.9. The third-order valence-corrected chi connectivity index (χ3v) is 22.3. The molecule has 0 spiro atoms. The summed E-state index contributed by atoms with van der Waals surface area (Å²) in [7, 11) is 0. The van der Waals surface area contributed by atoms with Crippen LogP contribution in [0.1, 0.15) is 132 Å². The molecule has 15 aromatic rings. The molecule has 0 atom stereocenters. The highest BCUT2D eigenvalue weighted by molar-refractivity contribution is 7.00. The van der Waals surface area contributed by atoms with Gasteiger partial charge in [0.05, 0.1) is 33.4 Å². The summed E-state index contributed by atoms with van der Waals surface area (Å²) in [4.78, 5) is 5.48. The molecular formula is C98H91BN4. The van der Waals surface area contributed by atoms with Crippen LogP contribution in [-0.2, 0) is 27.1 Å². The van der Waals surface area contributed by atoms with Crippen LogP contribution in [-0.4, -0.2) is 15.8 Å². The Morgan fingerprint density at radius 2 is 0.660 bits per heavy atom. The minimum atomic E-state index is -0.320. The van der Waals surface area contributed by atoms with Crippen molar-refractivity contribution in [1.82, 2.24) is 9.13 Å². The maximum atomic E-state index is 2.76. The fourth-order valence-corrected chi connectivity index (χ4v) is 16.6. The molecule has 0 saturated heterocycles. The summed E-state index contributed by atoms with van der Waals surface area (Å²) in [6, 6.07) is 108. The van der Waals surface area contributed by atoms with Crippen LogP contribution in [0.25, 0.3) is 99.5 Å². The molecule has 5 heteroatoms. The molecule has 4 nitrogen and oxygen atoms in total. The summed E-state index contributed by atoms with van der Waals surface area (Å²) < 4.78 is 5.07. The molecule has 2 aromatic heterocycles. The molecule has 17 rings (SSSR count). The number of anilines is 6. The molecule has 0 N–H and O–H groups in total. The van der Waals surface area contributed by atoms with Crippen LogP contribution in [0.15, 0.2) is 279 Å². The highest BCUT2D eigenvalue weighted by Crippen LogP contribution is 2.55. The number of rotatable bonds is 8. The lowest BCUT2D eigenvalue weighted by Crippen LogP contribution is -2.61. The largest absolute Gasteiger partial charge is 0.310 e. The van der Waals surface area contributed by atoms with Gasteiger partial charge < -0.3 is 18.9 Å². The maximum Gasteiger partial charge on any atom is 0.252 e. The van der Waals surface area contributed by atoms with E-state index in [1.165, 1.54) is 93.6 Å². The second-order valence-corrected chi connectivity index (χ2v) is 34.2. The summed E-state index contributed by atoms with van der Waals surface area (Å²) in [5, 5.41) is 4.92. The first-order chi connectivity index (χ1) is 49.3. The molecule has 0 radical (unpaired) electrons. The Morgan fingerprint density at radius 1 is 0.243 bits per heavy atom. The van der Waals surface area contributed by atoms with Crippen LogP contribution < -0.4 is 26.2 Å². The van der Waals surface area contributed by atoms with Gasteiger partial charge in [-0.3, -0.25) is 0 Å². The lowest BCUT2D eigenvalue weighted by molar-refractivity contribution is 0.590. The number of para-hydroxylation sites is 3. The Labute approximate surface area is 609 Å². The molecule has 506 valence electrons. The highest BCUT2D eigenvalue weighted by atomic mass is 15.2. The molecule has 2 aliphatic heterocycles. The lowest BCUT2D eigenvalue weighted by Gasteiger charge is -2.46. The van der Waals surface area contributed by atoms with Crippen molar-refractivity contribution >= 4 is 101 Å². The standard InChI is InChI=1S/C98H91BN4/c1-94(2,3)67-44-41-64(42-45-67)76-49-54-85-90(77-37-25-26-40-82(77)100(85)72-35-23-18-24-36-72)93(76)103-87-61-73(101-83-52-46-69(96(7,8)9)57-78(83)79-58-70(97(10,11)12)47-53-84(79)101)48-51-81(87)99-80-50-43-66(65-33-27-34-68(55-65)95(4,5)6)56-86(80)102(88-59-71(98(13,14)15)60-89(103)91(88)99)92-74(62-29-19-16-20-30-62)38-28-39-75(92)63-31-21-17-22-32-63/h16-61H,1-15H3. The quantitative estimate of drug-likeness (QED) is 0.141. The van der Waals surface area contributed by atoms with Gasteiger partial charge in [-0.25, -0.2) is 0 Å². The van der Waals surface area contributed by atoms with Gasteiger partial charge in [-0.1, -0.05) is 304 Å². The zero-order valence-electron chi connectivity index (χ0n) is 62.4. The normalized spacial score (nSPS) is 13.3. The van der Waals surface area contributed by atoms with E-state index in [9.17, 15) is 0 Å². The van der Waals surface area contributed by atoms with Crippen molar-refractivity contribution in [3.8, 4) is 55.9 Å². The Balaban J connectivity index is 1.06. The van der Waals surface area contributed by atoms with E-state index >= 15 is 0 Å². The monoisotopic (exact) mass is 1330 g/mol. The minimum Gasteiger partial charge on any atom is -0.310 e. The van der Waals surface area contributed by atoms with Crippen LogP contribution in [0.5, 0.6) is 0 Å². The minimum absolute atomic E-state index is 0.0492. The molecule has 0 saturated carbocycles. The van der Waals surface area contributed by atoms with Crippen LogP contribution in [0, 0.1) is 0 Å². The molecular weight excluding hydrogens is 1240 g/mol. The van der Waals surface area contributed by atoms with Gasteiger partial charge in [-0.2, -0.15) is 0 Å². The summed E-state index contributed by atoms with van der Waals surface area (Å²) in [6.07, 6.45) is 0. The van der Waals surface area contributed by atoms with Gasteiger partial charge >= 0.3 is 0 Å². The fourth-order valence-electron chi connectivity index (χ4n) is 16.6. The van der Waals surface area contributed by atoms with Crippen molar-refractivity contribution in [2.75, 3.05) is 9.80 Å². The van der Waals surface area contributed by atoms with Gasteiger partial charge in [-0.15, -0.1) is 0 Å². The topological polar surface area (TPSA) is 16.3 Å².